The standard InChI is InChI=1S/C47H70N8O9.Y/c1-29(2)24-40(45(60)51-38(12-9-10-22-53(8)30(3)4)46(61)54-23-11-13-41(54)43(58)25-31(5)32(6)56)52-44(59)35(26-33-14-18-36(19-15-33)50-47(48)62)28-42(57)39(49-7)27-34-16-20-37(21-17-34)55(63)64;/h14-21,29-31,35,38-41,49H,9-13,22-28H2,1-8H3,(H5,48,50,51,52,59,60,62);/p-1/t31-,35-,38-,39-,40-,41-;/m0./s1. The molecular formula is C47H69N8O9Y-. The van der Waals surface area contributed by atoms with Crippen LogP contribution in [0.3, 0.4) is 0 Å². The molecule has 1 fully saturated rings. The molecule has 1 aliphatic rings. The minimum absolute atomic E-state index is 0. The van der Waals surface area contributed by atoms with Gasteiger partial charge in [-0.25, -0.2) is 0 Å². The number of nitro benzene ring substituents is 1. The Balaban J connectivity index is 0.0000145. The van der Waals surface area contributed by atoms with Gasteiger partial charge in [-0.05, 0) is 116 Å². The number of nitro groups is 1. The summed E-state index contributed by atoms with van der Waals surface area (Å²) in [6, 6.07) is 8.18. The van der Waals surface area contributed by atoms with Gasteiger partial charge >= 0.3 is 0 Å². The third-order valence-corrected chi connectivity index (χ3v) is 12.0. The quantitative estimate of drug-likeness (QED) is 0.0472. The van der Waals surface area contributed by atoms with Crippen LogP contribution >= 0.6 is 0 Å². The number of Topliss-reactive ketones (excluding diaryl/α,β-unsaturated/α-hetero) is 3. The van der Waals surface area contributed by atoms with Gasteiger partial charge < -0.3 is 36.8 Å². The number of non-ortho nitro benzene ring substituents is 1. The second-order valence-electron chi connectivity index (χ2n) is 17.9. The van der Waals surface area contributed by atoms with E-state index in [0.29, 0.717) is 55.1 Å². The van der Waals surface area contributed by atoms with Gasteiger partial charge in [0, 0.05) is 82.1 Å². The van der Waals surface area contributed by atoms with Crippen LogP contribution in [0.5, 0.6) is 0 Å². The molecule has 2 aromatic rings. The van der Waals surface area contributed by atoms with Crippen molar-refractivity contribution >= 4 is 52.5 Å². The fourth-order valence-electron chi connectivity index (χ4n) is 7.79. The minimum Gasteiger partial charge on any atom is -0.447 e. The molecule has 355 valence electrons. The van der Waals surface area contributed by atoms with Crippen LogP contribution in [0.1, 0.15) is 104 Å². The van der Waals surface area contributed by atoms with E-state index in [-0.39, 0.29) is 99.7 Å². The van der Waals surface area contributed by atoms with E-state index in [1.807, 2.05) is 20.9 Å². The number of nitrogens with one attached hydrogen (secondary N) is 5. The van der Waals surface area contributed by atoms with Crippen molar-refractivity contribution < 1.29 is 71.2 Å². The first-order valence-electron chi connectivity index (χ1n) is 22.4. The van der Waals surface area contributed by atoms with Gasteiger partial charge in [0.1, 0.15) is 17.9 Å². The Morgan fingerprint density at radius 1 is 0.846 bits per heavy atom. The molecule has 2 aromatic carbocycles. The zero-order chi connectivity index (χ0) is 47.7. The SMILES string of the molecule is CN[C@@H](Cc1ccc([N+](=O)[O-])cc1)C(=O)C[C@H](Cc1ccc(NC([NH-])=O)cc1)C(=O)N[C@@H](CC(C)C)C(=O)N[C@@H](CCCCN(C)C(C)C)C(=O)N1CCC[C@H]1C(=O)C[C@H](C)C(C)=O.[Y]. The molecular weight excluding hydrogens is 909 g/mol. The molecule has 0 bridgehead atoms. The predicted octanol–water partition coefficient (Wildman–Crippen LogP) is 5.83. The molecule has 0 aromatic heterocycles. The van der Waals surface area contributed by atoms with Gasteiger partial charge in [-0.2, -0.15) is 0 Å². The van der Waals surface area contributed by atoms with E-state index in [1.165, 1.54) is 24.0 Å². The van der Waals surface area contributed by atoms with Crippen LogP contribution in [0.2, 0.25) is 0 Å². The smallest absolute Gasteiger partial charge is 0.269 e. The molecule has 0 spiro atoms. The van der Waals surface area contributed by atoms with Crippen LogP contribution in [0.4, 0.5) is 16.2 Å². The van der Waals surface area contributed by atoms with Gasteiger partial charge in [0.2, 0.25) is 17.7 Å². The molecule has 0 aliphatic carbocycles. The second-order valence-corrected chi connectivity index (χ2v) is 17.9. The fourth-order valence-corrected chi connectivity index (χ4v) is 7.79. The molecule has 5 amide bonds. The van der Waals surface area contributed by atoms with Gasteiger partial charge in [-0.3, -0.25) is 43.7 Å². The number of likely N-dealkylation sites (tertiary alicyclic amines) is 1. The molecule has 3 rings (SSSR count). The van der Waals surface area contributed by atoms with E-state index in [4.69, 9.17) is 5.73 Å². The van der Waals surface area contributed by atoms with Gasteiger partial charge in [0.05, 0.1) is 17.0 Å². The number of amides is 5. The number of unbranched alkanes of at least 4 members (excludes halogenated alkanes) is 1. The molecule has 18 heteroatoms. The number of rotatable bonds is 27. The molecule has 0 unspecified atom stereocenters. The van der Waals surface area contributed by atoms with Crippen LogP contribution in [0.25, 0.3) is 5.73 Å². The molecule has 1 saturated heterocycles. The summed E-state index contributed by atoms with van der Waals surface area (Å²) in [6.45, 7) is 12.2. The first-order valence-corrected chi connectivity index (χ1v) is 22.4. The van der Waals surface area contributed by atoms with E-state index in [2.05, 4.69) is 40.0 Å². The van der Waals surface area contributed by atoms with E-state index < -0.39 is 58.8 Å². The van der Waals surface area contributed by atoms with E-state index in [9.17, 15) is 43.7 Å². The van der Waals surface area contributed by atoms with Crippen LogP contribution in [0.15, 0.2) is 48.5 Å². The van der Waals surface area contributed by atoms with Gasteiger partial charge in [-0.1, -0.05) is 57.2 Å². The summed E-state index contributed by atoms with van der Waals surface area (Å²) in [5, 5.41) is 22.5. The summed E-state index contributed by atoms with van der Waals surface area (Å²) < 4.78 is 0. The van der Waals surface area contributed by atoms with Crippen molar-refractivity contribution in [1.82, 2.24) is 25.8 Å². The van der Waals surface area contributed by atoms with Crippen molar-refractivity contribution in [3.8, 4) is 0 Å². The van der Waals surface area contributed by atoms with E-state index in [1.54, 1.807) is 50.4 Å². The van der Waals surface area contributed by atoms with E-state index >= 15 is 0 Å². The molecule has 5 N–H and O–H groups in total. The minimum atomic E-state index is -1.09. The average Bonchev–Trinajstić information content (AvgIpc) is 3.73. The van der Waals surface area contributed by atoms with Crippen LogP contribution < -0.4 is 21.3 Å². The van der Waals surface area contributed by atoms with Crippen molar-refractivity contribution in [2.24, 2.45) is 17.8 Å². The zero-order valence-corrected chi connectivity index (χ0v) is 42.2. The molecule has 1 radical (unpaired) electrons. The Hall–Kier alpha value is -4.45. The number of benzene rings is 2. The summed E-state index contributed by atoms with van der Waals surface area (Å²) in [4.78, 5) is 108. The maximum absolute atomic E-state index is 14.4. The number of carbonyl (C=O) groups is 7. The summed E-state index contributed by atoms with van der Waals surface area (Å²) in [7, 11) is 3.63. The summed E-state index contributed by atoms with van der Waals surface area (Å²) in [5.41, 5.74) is 8.83. The molecule has 6 atom stereocenters. The van der Waals surface area contributed by atoms with E-state index in [0.717, 1.165) is 13.0 Å². The number of nitrogens with zero attached hydrogens (tertiary/aromatic N) is 3. The number of anilines is 1. The van der Waals surface area contributed by atoms with Crippen LogP contribution in [0, 0.1) is 27.9 Å². The number of urea groups is 1. The predicted molar refractivity (Wildman–Crippen MR) is 245 cm³/mol. The number of hydrogen-bond donors (Lipinski definition) is 4. The zero-order valence-electron chi connectivity index (χ0n) is 39.3. The number of hydrogen-bond acceptors (Lipinski definition) is 11. The molecule has 17 nitrogen and oxygen atoms in total. The topological polar surface area (TPSA) is 241 Å². The third-order valence-electron chi connectivity index (χ3n) is 12.0. The summed E-state index contributed by atoms with van der Waals surface area (Å²) in [5.74, 6) is -3.63. The second kappa shape index (κ2) is 27.9. The largest absolute Gasteiger partial charge is 0.447 e. The molecule has 1 heterocycles. The number of carbonyl (C=O) groups excluding carboxylic acids is 7. The maximum atomic E-state index is 14.4. The fraction of sp³-hybridized carbons (Fsp3) is 0.596. The Labute approximate surface area is 408 Å². The van der Waals surface area contributed by atoms with Gasteiger partial charge in [0.15, 0.2) is 17.6 Å². The van der Waals surface area contributed by atoms with Crippen molar-refractivity contribution in [2.75, 3.05) is 32.5 Å². The summed E-state index contributed by atoms with van der Waals surface area (Å²) in [6.07, 6.45) is 3.00. The monoisotopic (exact) mass is 978 g/mol. The Morgan fingerprint density at radius 3 is 2.00 bits per heavy atom. The average molecular weight is 979 g/mol. The first-order chi connectivity index (χ1) is 30.2. The van der Waals surface area contributed by atoms with Crippen LogP contribution in [-0.4, -0.2) is 113 Å². The number of ketones is 3. The van der Waals surface area contributed by atoms with Crippen molar-refractivity contribution in [1.29, 1.82) is 0 Å². The Bertz CT molecular complexity index is 1930. The Kier molecular flexibility index (Phi) is 24.3. The normalized spacial score (nSPS) is 15.9. The molecule has 0 saturated carbocycles. The Morgan fingerprint density at radius 2 is 1.45 bits per heavy atom. The molecule has 65 heavy (non-hydrogen) atoms. The van der Waals surface area contributed by atoms with Crippen molar-refractivity contribution in [2.45, 2.75) is 136 Å². The first kappa shape index (κ1) is 56.7. The van der Waals surface area contributed by atoms with Gasteiger partial charge in [0.25, 0.3) is 5.69 Å². The molecule has 1 aliphatic heterocycles. The van der Waals surface area contributed by atoms with Crippen molar-refractivity contribution in [3.63, 3.8) is 0 Å². The third kappa shape index (κ3) is 18.8. The summed E-state index contributed by atoms with van der Waals surface area (Å²) >= 11 is 0. The van der Waals surface area contributed by atoms with Gasteiger partial charge in [-0.15, -0.1) is 0 Å². The maximum Gasteiger partial charge on any atom is 0.269 e. The van der Waals surface area contributed by atoms with Crippen LogP contribution in [-0.2, 0) is 74.3 Å². The number of likely N-dealkylation sites (N-methyl/N-ethyl adjacent to an activating group) is 1. The van der Waals surface area contributed by atoms with Crippen molar-refractivity contribution in [3.05, 3.63) is 75.5 Å².